The normalized spacial score (nSPS) is 10.5. The summed E-state index contributed by atoms with van der Waals surface area (Å²) in [7, 11) is 3.05. The van der Waals surface area contributed by atoms with E-state index in [2.05, 4.69) is 15.3 Å². The molecule has 2 N–H and O–H groups in total. The van der Waals surface area contributed by atoms with E-state index in [1.54, 1.807) is 0 Å². The largest absolute Gasteiger partial charge is 0.456 e. The van der Waals surface area contributed by atoms with Crippen LogP contribution >= 0.6 is 0 Å². The number of ether oxygens (including phenoxy) is 1. The number of carbonyl (C=O) groups is 4. The van der Waals surface area contributed by atoms with Crippen molar-refractivity contribution in [3.8, 4) is 0 Å². The number of aromatic amines is 1. The summed E-state index contributed by atoms with van der Waals surface area (Å²) in [5.41, 5.74) is 0.606. The standard InChI is InChI=1S/C26H26N4O6/c1-30(2)21(32)16-36-22(33)14-13-20(31)24-27-15-19(26(35)29-24)25(34)28-23(17-9-5-3-6-10-17)18-11-7-4-8-12-18/h3-12,15,23H,13-14,16H2,1-2H3,(H,28,34)(H,27,29,35). The third-order valence-corrected chi connectivity index (χ3v) is 5.26. The van der Waals surface area contributed by atoms with Gasteiger partial charge in [-0.3, -0.25) is 24.0 Å². The molecule has 2 aromatic carbocycles. The van der Waals surface area contributed by atoms with Gasteiger partial charge < -0.3 is 19.9 Å². The van der Waals surface area contributed by atoms with Crippen LogP contribution in [0.5, 0.6) is 0 Å². The number of carbonyl (C=O) groups excluding carboxylic acids is 4. The van der Waals surface area contributed by atoms with Gasteiger partial charge in [0.15, 0.2) is 18.2 Å². The number of amides is 2. The number of nitrogens with zero attached hydrogens (tertiary/aromatic N) is 2. The number of benzene rings is 2. The van der Waals surface area contributed by atoms with E-state index in [0.29, 0.717) is 0 Å². The number of likely N-dealkylation sites (N-methyl/N-ethyl adjacent to an activating group) is 1. The minimum Gasteiger partial charge on any atom is -0.456 e. The molecular formula is C26H26N4O6. The lowest BCUT2D eigenvalue weighted by Crippen LogP contribution is -2.34. The van der Waals surface area contributed by atoms with Gasteiger partial charge in [-0.1, -0.05) is 60.7 Å². The van der Waals surface area contributed by atoms with Crippen LogP contribution in [0.4, 0.5) is 0 Å². The van der Waals surface area contributed by atoms with Crippen molar-refractivity contribution >= 4 is 23.6 Å². The number of esters is 1. The number of H-pyrrole nitrogens is 1. The minimum atomic E-state index is -0.787. The van der Waals surface area contributed by atoms with Gasteiger partial charge in [-0.2, -0.15) is 0 Å². The monoisotopic (exact) mass is 490 g/mol. The second kappa shape index (κ2) is 12.2. The summed E-state index contributed by atoms with van der Waals surface area (Å²) in [6.07, 6.45) is 0.456. The van der Waals surface area contributed by atoms with Gasteiger partial charge >= 0.3 is 5.97 Å². The highest BCUT2D eigenvalue weighted by molar-refractivity contribution is 5.96. The van der Waals surface area contributed by atoms with Crippen molar-refractivity contribution < 1.29 is 23.9 Å². The first kappa shape index (κ1) is 26.0. The molecular weight excluding hydrogens is 464 g/mol. The fourth-order valence-corrected chi connectivity index (χ4v) is 3.23. The summed E-state index contributed by atoms with van der Waals surface area (Å²) >= 11 is 0. The maximum Gasteiger partial charge on any atom is 0.306 e. The first-order valence-electron chi connectivity index (χ1n) is 11.1. The van der Waals surface area contributed by atoms with Gasteiger partial charge in [-0.25, -0.2) is 4.98 Å². The lowest BCUT2D eigenvalue weighted by molar-refractivity contribution is -0.151. The van der Waals surface area contributed by atoms with E-state index in [-0.39, 0.29) is 24.2 Å². The molecule has 0 spiro atoms. The van der Waals surface area contributed by atoms with Gasteiger partial charge in [0.2, 0.25) is 0 Å². The third kappa shape index (κ3) is 6.95. The topological polar surface area (TPSA) is 139 Å². The summed E-state index contributed by atoms with van der Waals surface area (Å²) < 4.78 is 4.81. The second-order valence-corrected chi connectivity index (χ2v) is 8.07. The molecule has 0 saturated carbocycles. The van der Waals surface area contributed by atoms with Crippen molar-refractivity contribution in [2.24, 2.45) is 0 Å². The van der Waals surface area contributed by atoms with Crippen molar-refractivity contribution in [1.29, 1.82) is 0 Å². The zero-order valence-corrected chi connectivity index (χ0v) is 19.9. The molecule has 1 aromatic heterocycles. The minimum absolute atomic E-state index is 0.259. The van der Waals surface area contributed by atoms with Crippen LogP contribution in [-0.2, 0) is 14.3 Å². The summed E-state index contributed by atoms with van der Waals surface area (Å²) in [5, 5.41) is 2.85. The predicted octanol–water partition coefficient (Wildman–Crippen LogP) is 1.88. The molecule has 36 heavy (non-hydrogen) atoms. The molecule has 1 heterocycles. The number of aromatic nitrogens is 2. The van der Waals surface area contributed by atoms with E-state index in [1.807, 2.05) is 60.7 Å². The third-order valence-electron chi connectivity index (χ3n) is 5.26. The predicted molar refractivity (Wildman–Crippen MR) is 130 cm³/mol. The summed E-state index contributed by atoms with van der Waals surface area (Å²) in [5.74, 6) is -2.67. The van der Waals surface area contributed by atoms with Gasteiger partial charge in [0, 0.05) is 26.7 Å². The Morgan fingerprint density at radius 1 is 0.944 bits per heavy atom. The Bertz CT molecular complexity index is 1250. The van der Waals surface area contributed by atoms with E-state index in [1.165, 1.54) is 19.0 Å². The maximum absolute atomic E-state index is 12.9. The van der Waals surface area contributed by atoms with Crippen LogP contribution in [0, 0.1) is 0 Å². The van der Waals surface area contributed by atoms with Crippen LogP contribution in [0.3, 0.4) is 0 Å². The van der Waals surface area contributed by atoms with E-state index < -0.39 is 41.8 Å². The number of Topliss-reactive ketones (excluding diaryl/α,β-unsaturated/α-hetero) is 1. The Morgan fingerprint density at radius 2 is 1.53 bits per heavy atom. The molecule has 0 aliphatic rings. The Balaban J connectivity index is 1.66. The SMILES string of the molecule is CN(C)C(=O)COC(=O)CCC(=O)c1ncc(C(=O)NC(c2ccccc2)c2ccccc2)c(=O)[nH]1. The van der Waals surface area contributed by atoms with Crippen LogP contribution in [0.25, 0.3) is 0 Å². The highest BCUT2D eigenvalue weighted by atomic mass is 16.5. The molecule has 10 nitrogen and oxygen atoms in total. The average Bonchev–Trinajstić information content (AvgIpc) is 2.89. The van der Waals surface area contributed by atoms with E-state index >= 15 is 0 Å². The molecule has 10 heteroatoms. The van der Waals surface area contributed by atoms with Crippen molar-refractivity contribution in [2.75, 3.05) is 20.7 Å². The summed E-state index contributed by atoms with van der Waals surface area (Å²) in [4.78, 5) is 68.6. The summed E-state index contributed by atoms with van der Waals surface area (Å²) in [6, 6.07) is 18.1. The molecule has 0 fully saturated rings. The Morgan fingerprint density at radius 3 is 2.06 bits per heavy atom. The zero-order valence-electron chi connectivity index (χ0n) is 19.9. The molecule has 0 aliphatic carbocycles. The lowest BCUT2D eigenvalue weighted by Gasteiger charge is -2.19. The molecule has 0 aliphatic heterocycles. The number of hydrogen-bond donors (Lipinski definition) is 2. The molecule has 0 bridgehead atoms. The van der Waals surface area contributed by atoms with E-state index in [9.17, 15) is 24.0 Å². The highest BCUT2D eigenvalue weighted by Crippen LogP contribution is 2.22. The fourth-order valence-electron chi connectivity index (χ4n) is 3.23. The number of ketones is 1. The van der Waals surface area contributed by atoms with Crippen molar-refractivity contribution in [1.82, 2.24) is 20.2 Å². The van der Waals surface area contributed by atoms with Gasteiger partial charge in [-0.15, -0.1) is 0 Å². The average molecular weight is 491 g/mol. The smallest absolute Gasteiger partial charge is 0.306 e. The summed E-state index contributed by atoms with van der Waals surface area (Å²) in [6.45, 7) is -0.425. The number of nitrogens with one attached hydrogen (secondary N) is 2. The maximum atomic E-state index is 12.9. The first-order chi connectivity index (χ1) is 17.3. The first-order valence-corrected chi connectivity index (χ1v) is 11.1. The zero-order chi connectivity index (χ0) is 26.1. The molecule has 0 unspecified atom stereocenters. The van der Waals surface area contributed by atoms with Gasteiger partial charge in [0.25, 0.3) is 17.4 Å². The van der Waals surface area contributed by atoms with Crippen LogP contribution in [0.2, 0.25) is 0 Å². The van der Waals surface area contributed by atoms with Gasteiger partial charge in [0.1, 0.15) is 5.56 Å². The van der Waals surface area contributed by atoms with Crippen LogP contribution < -0.4 is 10.9 Å². The van der Waals surface area contributed by atoms with E-state index in [0.717, 1.165) is 17.3 Å². The molecule has 0 radical (unpaired) electrons. The van der Waals surface area contributed by atoms with Crippen LogP contribution in [0.1, 0.15) is 51.0 Å². The van der Waals surface area contributed by atoms with Crippen molar-refractivity contribution in [3.63, 3.8) is 0 Å². The molecule has 186 valence electrons. The van der Waals surface area contributed by atoms with Crippen molar-refractivity contribution in [2.45, 2.75) is 18.9 Å². The Hall–Kier alpha value is -4.60. The molecule has 2 amide bonds. The van der Waals surface area contributed by atoms with Crippen LogP contribution in [0.15, 0.2) is 71.7 Å². The van der Waals surface area contributed by atoms with Gasteiger partial charge in [-0.05, 0) is 11.1 Å². The molecule has 3 rings (SSSR count). The molecule has 3 aromatic rings. The molecule has 0 saturated heterocycles. The van der Waals surface area contributed by atoms with E-state index in [4.69, 9.17) is 4.74 Å². The van der Waals surface area contributed by atoms with Crippen molar-refractivity contribution in [3.05, 3.63) is 99.7 Å². The second-order valence-electron chi connectivity index (χ2n) is 8.07. The fraction of sp³-hybridized carbons (Fsp3) is 0.231. The number of rotatable bonds is 10. The van der Waals surface area contributed by atoms with Gasteiger partial charge in [0.05, 0.1) is 12.5 Å². The quantitative estimate of drug-likeness (QED) is 0.327. The molecule has 0 atom stereocenters. The highest BCUT2D eigenvalue weighted by Gasteiger charge is 2.21. The van der Waals surface area contributed by atoms with Crippen LogP contribution in [-0.4, -0.2) is 59.1 Å². The Labute approximate surface area is 207 Å². The number of hydrogen-bond acceptors (Lipinski definition) is 7. The Kier molecular flexibility index (Phi) is 8.82. The lowest BCUT2D eigenvalue weighted by atomic mass is 9.98.